The van der Waals surface area contributed by atoms with Crippen molar-refractivity contribution in [1.29, 1.82) is 0 Å². The molecule has 5 rings (SSSR count). The van der Waals surface area contributed by atoms with Crippen LogP contribution in [-0.2, 0) is 6.54 Å². The molecule has 9 nitrogen and oxygen atoms in total. The van der Waals surface area contributed by atoms with E-state index in [-0.39, 0.29) is 5.91 Å². The van der Waals surface area contributed by atoms with Crippen LogP contribution < -0.4 is 10.6 Å². The summed E-state index contributed by atoms with van der Waals surface area (Å²) < 4.78 is 1.37. The molecule has 0 unspecified atom stereocenters. The number of carbonyl (C=O) groups is 2. The molecule has 1 aliphatic heterocycles. The van der Waals surface area contributed by atoms with Crippen molar-refractivity contribution in [1.82, 2.24) is 24.6 Å². The van der Waals surface area contributed by atoms with Crippen molar-refractivity contribution in [2.45, 2.75) is 32.7 Å². The number of benzene rings is 1. The molecule has 1 aromatic carbocycles. The predicted octanol–water partition coefficient (Wildman–Crippen LogP) is 4.84. The lowest BCUT2D eigenvalue weighted by molar-refractivity contribution is 0.0926. The van der Waals surface area contributed by atoms with Crippen molar-refractivity contribution >= 4 is 45.8 Å². The molecule has 4 aromatic rings. The molecule has 0 spiro atoms. The number of carbonyl (C=O) groups excluding carboxylic acids is 2. The third-order valence-electron chi connectivity index (χ3n) is 5.74. The van der Waals surface area contributed by atoms with E-state index in [0.717, 1.165) is 46.8 Å². The number of piperidine rings is 1. The van der Waals surface area contributed by atoms with E-state index in [1.54, 1.807) is 17.6 Å². The van der Waals surface area contributed by atoms with E-state index in [2.05, 4.69) is 30.6 Å². The number of nitrogens with one attached hydrogen (secondary N) is 2. The summed E-state index contributed by atoms with van der Waals surface area (Å²) in [6.45, 7) is 4.46. The highest BCUT2D eigenvalue weighted by Crippen LogP contribution is 2.29. The first-order chi connectivity index (χ1) is 16.5. The van der Waals surface area contributed by atoms with E-state index in [4.69, 9.17) is 0 Å². The Kier molecular flexibility index (Phi) is 6.33. The predicted molar refractivity (Wildman–Crippen MR) is 133 cm³/mol. The Morgan fingerprint density at radius 3 is 2.68 bits per heavy atom. The molecule has 174 valence electrons. The van der Waals surface area contributed by atoms with Crippen LogP contribution in [0.4, 0.5) is 16.4 Å². The monoisotopic (exact) mass is 475 g/mol. The van der Waals surface area contributed by atoms with Crippen molar-refractivity contribution in [3.05, 3.63) is 53.7 Å². The summed E-state index contributed by atoms with van der Waals surface area (Å²) in [6, 6.07) is 11.0. The van der Waals surface area contributed by atoms with Gasteiger partial charge in [0.15, 0.2) is 0 Å². The molecular weight excluding hydrogens is 450 g/mol. The molecule has 0 radical (unpaired) electrons. The molecule has 34 heavy (non-hydrogen) atoms. The highest BCUT2D eigenvalue weighted by atomic mass is 32.1. The van der Waals surface area contributed by atoms with Gasteiger partial charge in [-0.3, -0.25) is 20.3 Å². The van der Waals surface area contributed by atoms with E-state index in [1.807, 2.05) is 30.3 Å². The summed E-state index contributed by atoms with van der Waals surface area (Å²) in [5.41, 5.74) is 2.58. The fraction of sp³-hybridized carbons (Fsp3) is 0.292. The third-order valence-corrected chi connectivity index (χ3v) is 6.63. The number of urea groups is 1. The molecule has 1 fully saturated rings. The van der Waals surface area contributed by atoms with Gasteiger partial charge in [0.25, 0.3) is 0 Å². The standard InChI is InChI=1S/C24H25N7O2S/c1-16(32)31-20-9-8-17(12-18(20)13-25-31)23-27-22(15-34-23)29-24(33)28-21-7-5-6-19(26-21)14-30-10-3-2-4-11-30/h5-9,12-13,15H,2-4,10-11,14H2,1H3,(H2,26,28,29,33). The summed E-state index contributed by atoms with van der Waals surface area (Å²) >= 11 is 1.43. The minimum absolute atomic E-state index is 0.138. The van der Waals surface area contributed by atoms with Crippen LogP contribution in [0.25, 0.3) is 21.5 Å². The lowest BCUT2D eigenvalue weighted by Gasteiger charge is -2.26. The Balaban J connectivity index is 1.22. The molecule has 10 heteroatoms. The molecule has 2 amide bonds. The highest BCUT2D eigenvalue weighted by molar-refractivity contribution is 7.13. The van der Waals surface area contributed by atoms with Crippen molar-refractivity contribution in [3.63, 3.8) is 0 Å². The SMILES string of the molecule is CC(=O)n1ncc2cc(-c3nc(NC(=O)Nc4cccc(CN5CCCCC5)n4)cs3)ccc21. The molecule has 0 aliphatic carbocycles. The van der Waals surface area contributed by atoms with Crippen LogP contribution in [0.15, 0.2) is 48.0 Å². The minimum atomic E-state index is -0.391. The van der Waals surface area contributed by atoms with Crippen LogP contribution in [0, 0.1) is 0 Å². The van der Waals surface area contributed by atoms with Gasteiger partial charge in [0.05, 0.1) is 17.4 Å². The van der Waals surface area contributed by atoms with E-state index >= 15 is 0 Å². The molecule has 0 saturated carbocycles. The van der Waals surface area contributed by atoms with Crippen LogP contribution in [0.1, 0.15) is 36.7 Å². The molecule has 4 heterocycles. The van der Waals surface area contributed by atoms with Gasteiger partial charge in [-0.05, 0) is 56.3 Å². The van der Waals surface area contributed by atoms with Gasteiger partial charge in [0.2, 0.25) is 5.91 Å². The Hall–Kier alpha value is -3.63. The van der Waals surface area contributed by atoms with Crippen molar-refractivity contribution < 1.29 is 9.59 Å². The highest BCUT2D eigenvalue weighted by Gasteiger charge is 2.13. The largest absolute Gasteiger partial charge is 0.326 e. The lowest BCUT2D eigenvalue weighted by atomic mass is 10.1. The minimum Gasteiger partial charge on any atom is -0.298 e. The quantitative estimate of drug-likeness (QED) is 0.428. The van der Waals surface area contributed by atoms with Crippen LogP contribution in [-0.4, -0.2) is 49.7 Å². The number of thiazole rings is 1. The average molecular weight is 476 g/mol. The maximum Gasteiger partial charge on any atom is 0.326 e. The van der Waals surface area contributed by atoms with Gasteiger partial charge < -0.3 is 0 Å². The van der Waals surface area contributed by atoms with Gasteiger partial charge in [0, 0.05) is 29.8 Å². The zero-order valence-corrected chi connectivity index (χ0v) is 19.6. The van der Waals surface area contributed by atoms with Gasteiger partial charge in [-0.2, -0.15) is 5.10 Å². The Labute approximate surface area is 200 Å². The molecule has 3 aromatic heterocycles. The van der Waals surface area contributed by atoms with Gasteiger partial charge in [0.1, 0.15) is 16.6 Å². The Morgan fingerprint density at radius 2 is 1.85 bits per heavy atom. The summed E-state index contributed by atoms with van der Waals surface area (Å²) in [5, 5.41) is 13.1. The summed E-state index contributed by atoms with van der Waals surface area (Å²) in [7, 11) is 0. The Morgan fingerprint density at radius 1 is 1.03 bits per heavy atom. The van der Waals surface area contributed by atoms with Crippen molar-refractivity contribution in [2.24, 2.45) is 0 Å². The first-order valence-corrected chi connectivity index (χ1v) is 12.1. The molecule has 1 aliphatic rings. The van der Waals surface area contributed by atoms with E-state index in [0.29, 0.717) is 11.6 Å². The second-order valence-electron chi connectivity index (χ2n) is 8.32. The van der Waals surface area contributed by atoms with E-state index < -0.39 is 6.03 Å². The fourth-order valence-electron chi connectivity index (χ4n) is 4.13. The number of hydrogen-bond acceptors (Lipinski definition) is 7. The topological polar surface area (TPSA) is 105 Å². The van der Waals surface area contributed by atoms with Crippen LogP contribution in [0.2, 0.25) is 0 Å². The van der Waals surface area contributed by atoms with Gasteiger partial charge >= 0.3 is 6.03 Å². The smallest absolute Gasteiger partial charge is 0.298 e. The second-order valence-corrected chi connectivity index (χ2v) is 9.18. The van der Waals surface area contributed by atoms with Gasteiger partial charge in [-0.25, -0.2) is 19.4 Å². The fourth-order valence-corrected chi connectivity index (χ4v) is 4.88. The van der Waals surface area contributed by atoms with Crippen LogP contribution in [0.5, 0.6) is 0 Å². The van der Waals surface area contributed by atoms with Crippen molar-refractivity contribution in [2.75, 3.05) is 23.7 Å². The zero-order valence-electron chi connectivity index (χ0n) is 18.8. The molecule has 2 N–H and O–H groups in total. The number of hydrogen-bond donors (Lipinski definition) is 2. The molecule has 0 atom stereocenters. The van der Waals surface area contributed by atoms with E-state index in [9.17, 15) is 9.59 Å². The second kappa shape index (κ2) is 9.70. The summed E-state index contributed by atoms with van der Waals surface area (Å²) in [5.74, 6) is 0.831. The number of fused-ring (bicyclic) bond motifs is 1. The number of amides is 2. The van der Waals surface area contributed by atoms with E-state index in [1.165, 1.54) is 42.2 Å². The average Bonchev–Trinajstić information content (AvgIpc) is 3.46. The van der Waals surface area contributed by atoms with Crippen LogP contribution in [0.3, 0.4) is 0 Å². The lowest BCUT2D eigenvalue weighted by Crippen LogP contribution is -2.29. The maximum atomic E-state index is 12.5. The number of pyridine rings is 1. The number of anilines is 2. The van der Waals surface area contributed by atoms with Crippen molar-refractivity contribution in [3.8, 4) is 10.6 Å². The zero-order chi connectivity index (χ0) is 23.5. The molecule has 1 saturated heterocycles. The number of likely N-dealkylation sites (tertiary alicyclic amines) is 1. The van der Waals surface area contributed by atoms with Gasteiger partial charge in [-0.1, -0.05) is 12.5 Å². The van der Waals surface area contributed by atoms with Gasteiger partial charge in [-0.15, -0.1) is 11.3 Å². The number of rotatable bonds is 5. The summed E-state index contributed by atoms with van der Waals surface area (Å²) in [4.78, 5) is 35.7. The number of aromatic nitrogens is 4. The maximum absolute atomic E-state index is 12.5. The first-order valence-electron chi connectivity index (χ1n) is 11.3. The number of nitrogens with zero attached hydrogens (tertiary/aromatic N) is 5. The summed E-state index contributed by atoms with van der Waals surface area (Å²) in [6.07, 6.45) is 5.41. The molecule has 0 bridgehead atoms. The Bertz CT molecular complexity index is 1340. The third kappa shape index (κ3) is 4.97. The normalized spacial score (nSPS) is 14.3. The van der Waals surface area contributed by atoms with Crippen LogP contribution >= 0.6 is 11.3 Å². The first kappa shape index (κ1) is 22.2. The molecular formula is C24H25N7O2S.